The van der Waals surface area contributed by atoms with E-state index < -0.39 is 11.7 Å². The van der Waals surface area contributed by atoms with Crippen LogP contribution in [0.4, 0.5) is 0 Å². The van der Waals surface area contributed by atoms with Crippen LogP contribution in [0.25, 0.3) is 0 Å². The van der Waals surface area contributed by atoms with Gasteiger partial charge in [-0.05, 0) is 38.3 Å². The number of ether oxygens (including phenoxy) is 4. The van der Waals surface area contributed by atoms with Gasteiger partial charge in [0.1, 0.15) is 17.6 Å². The number of hydrogen-bond acceptors (Lipinski definition) is 5. The molecule has 2 bridgehead atoms. The van der Waals surface area contributed by atoms with Crippen LogP contribution in [0.2, 0.25) is 0 Å². The van der Waals surface area contributed by atoms with E-state index in [9.17, 15) is 4.79 Å². The Morgan fingerprint density at radius 1 is 1.22 bits per heavy atom. The summed E-state index contributed by atoms with van der Waals surface area (Å²) in [6.45, 7) is 2.10. The fourth-order valence-electron chi connectivity index (χ4n) is 3.82. The van der Waals surface area contributed by atoms with Crippen LogP contribution >= 0.6 is 0 Å². The summed E-state index contributed by atoms with van der Waals surface area (Å²) in [5, 5.41) is 0. The van der Waals surface area contributed by atoms with Crippen molar-refractivity contribution in [1.82, 2.24) is 0 Å². The Morgan fingerprint density at radius 3 is 2.65 bits per heavy atom. The summed E-state index contributed by atoms with van der Waals surface area (Å²) in [6, 6.07) is 3.76. The van der Waals surface area contributed by atoms with Gasteiger partial charge in [0.2, 0.25) is 0 Å². The molecular formula is C18H20O5. The molecule has 0 unspecified atom stereocenters. The third kappa shape index (κ3) is 1.99. The van der Waals surface area contributed by atoms with Crippen molar-refractivity contribution in [1.29, 1.82) is 0 Å². The molecule has 0 amide bonds. The SMILES string of the molecule is COc1ccc(OC)c2c1C/C(C)=C\CC[C@@]13O[C@@H]1[C@@H]2OC3=O. The molecule has 5 heteroatoms. The van der Waals surface area contributed by atoms with Crippen molar-refractivity contribution in [2.24, 2.45) is 0 Å². The summed E-state index contributed by atoms with van der Waals surface area (Å²) in [4.78, 5) is 12.4. The number of methoxy groups -OCH3 is 2. The van der Waals surface area contributed by atoms with Gasteiger partial charge in [-0.2, -0.15) is 0 Å². The molecule has 0 saturated carbocycles. The van der Waals surface area contributed by atoms with Crippen LogP contribution in [-0.4, -0.2) is 31.9 Å². The molecule has 0 N–H and O–H groups in total. The molecule has 23 heavy (non-hydrogen) atoms. The Labute approximate surface area is 135 Å². The molecule has 5 nitrogen and oxygen atoms in total. The molecule has 3 aliphatic rings. The number of hydrogen-bond donors (Lipinski definition) is 0. The molecule has 2 heterocycles. The van der Waals surface area contributed by atoms with Crippen LogP contribution in [-0.2, 0) is 20.7 Å². The zero-order valence-corrected chi connectivity index (χ0v) is 13.5. The van der Waals surface area contributed by atoms with E-state index in [1.54, 1.807) is 14.2 Å². The van der Waals surface area contributed by atoms with Crippen LogP contribution in [0.3, 0.4) is 0 Å². The topological polar surface area (TPSA) is 57.3 Å². The van der Waals surface area contributed by atoms with Crippen LogP contribution in [0.5, 0.6) is 11.5 Å². The minimum Gasteiger partial charge on any atom is -0.496 e. The Morgan fingerprint density at radius 2 is 1.96 bits per heavy atom. The van der Waals surface area contributed by atoms with Gasteiger partial charge < -0.3 is 18.9 Å². The number of fused-ring (bicyclic) bond motifs is 2. The Bertz CT molecular complexity index is 708. The normalized spacial score (nSPS) is 33.7. The first kappa shape index (κ1) is 14.6. The van der Waals surface area contributed by atoms with Gasteiger partial charge in [-0.15, -0.1) is 0 Å². The number of epoxide rings is 1. The number of allylic oxidation sites excluding steroid dienone is 2. The molecule has 2 saturated heterocycles. The summed E-state index contributed by atoms with van der Waals surface area (Å²) in [5.41, 5.74) is 2.36. The highest BCUT2D eigenvalue weighted by atomic mass is 16.7. The molecule has 1 aromatic rings. The Balaban J connectivity index is 1.92. The van der Waals surface area contributed by atoms with Crippen LogP contribution < -0.4 is 9.47 Å². The first-order valence-corrected chi connectivity index (χ1v) is 7.89. The maximum Gasteiger partial charge on any atom is 0.342 e. The molecule has 122 valence electrons. The first-order valence-electron chi connectivity index (χ1n) is 7.89. The number of benzene rings is 1. The molecule has 2 aliphatic heterocycles. The highest BCUT2D eigenvalue weighted by Crippen LogP contribution is 2.58. The smallest absolute Gasteiger partial charge is 0.342 e. The number of esters is 1. The van der Waals surface area contributed by atoms with E-state index in [-0.39, 0.29) is 12.1 Å². The number of carbonyl (C=O) groups is 1. The van der Waals surface area contributed by atoms with Crippen molar-refractivity contribution >= 4 is 5.97 Å². The molecular weight excluding hydrogens is 296 g/mol. The monoisotopic (exact) mass is 316 g/mol. The van der Waals surface area contributed by atoms with E-state index in [2.05, 4.69) is 13.0 Å². The molecule has 3 atom stereocenters. The van der Waals surface area contributed by atoms with Gasteiger partial charge in [-0.25, -0.2) is 4.79 Å². The van der Waals surface area contributed by atoms with E-state index in [0.717, 1.165) is 29.7 Å². The van der Waals surface area contributed by atoms with E-state index in [4.69, 9.17) is 18.9 Å². The number of carbonyl (C=O) groups excluding carboxylic acids is 1. The summed E-state index contributed by atoms with van der Waals surface area (Å²) in [6.07, 6.45) is 3.75. The predicted molar refractivity (Wildman–Crippen MR) is 82.7 cm³/mol. The molecule has 1 aliphatic carbocycles. The minimum absolute atomic E-state index is 0.221. The highest BCUT2D eigenvalue weighted by Gasteiger charge is 2.73. The standard InChI is InChI=1S/C18H20O5/c1-10-5-4-8-18-16(23-18)15(22-17(18)19)14-11(9-10)12(20-2)6-7-13(14)21-3/h5-7,15-16H,4,8-9H2,1-3H3/b10-5-/t15-,16-,18-/m1/s1. The van der Waals surface area contributed by atoms with E-state index in [0.29, 0.717) is 12.2 Å². The van der Waals surface area contributed by atoms with Crippen LogP contribution in [0.1, 0.15) is 37.0 Å². The van der Waals surface area contributed by atoms with E-state index >= 15 is 0 Å². The third-order valence-corrected chi connectivity index (χ3v) is 5.06. The van der Waals surface area contributed by atoms with Crippen LogP contribution in [0, 0.1) is 0 Å². The van der Waals surface area contributed by atoms with Crippen LogP contribution in [0.15, 0.2) is 23.8 Å². The molecule has 0 radical (unpaired) electrons. The quantitative estimate of drug-likeness (QED) is 0.477. The lowest BCUT2D eigenvalue weighted by Crippen LogP contribution is -2.22. The van der Waals surface area contributed by atoms with E-state index in [1.807, 2.05) is 12.1 Å². The predicted octanol–water partition coefficient (Wildman–Crippen LogP) is 2.72. The van der Waals surface area contributed by atoms with Crippen molar-refractivity contribution in [2.45, 2.75) is 44.0 Å². The second-order valence-corrected chi connectivity index (χ2v) is 6.38. The largest absolute Gasteiger partial charge is 0.496 e. The molecule has 1 aromatic carbocycles. The van der Waals surface area contributed by atoms with Crippen molar-refractivity contribution in [3.05, 3.63) is 34.9 Å². The van der Waals surface area contributed by atoms with Gasteiger partial charge in [0.15, 0.2) is 11.7 Å². The highest BCUT2D eigenvalue weighted by molar-refractivity contribution is 5.87. The number of rotatable bonds is 2. The molecule has 0 spiro atoms. The van der Waals surface area contributed by atoms with Crippen molar-refractivity contribution in [2.75, 3.05) is 14.2 Å². The van der Waals surface area contributed by atoms with Gasteiger partial charge in [0, 0.05) is 11.1 Å². The lowest BCUT2D eigenvalue weighted by Gasteiger charge is -2.22. The Kier molecular flexibility index (Phi) is 3.17. The zero-order chi connectivity index (χ0) is 16.2. The van der Waals surface area contributed by atoms with Gasteiger partial charge in [-0.3, -0.25) is 0 Å². The lowest BCUT2D eigenvalue weighted by atomic mass is 9.88. The van der Waals surface area contributed by atoms with Gasteiger partial charge in [0.25, 0.3) is 0 Å². The first-order chi connectivity index (χ1) is 11.1. The second kappa shape index (κ2) is 4.99. The molecule has 4 rings (SSSR count). The maximum atomic E-state index is 12.4. The average molecular weight is 316 g/mol. The zero-order valence-electron chi connectivity index (χ0n) is 13.5. The third-order valence-electron chi connectivity index (χ3n) is 5.06. The van der Waals surface area contributed by atoms with Gasteiger partial charge >= 0.3 is 5.97 Å². The summed E-state index contributed by atoms with van der Waals surface area (Å²) in [7, 11) is 3.28. The van der Waals surface area contributed by atoms with E-state index in [1.165, 1.54) is 5.57 Å². The fraction of sp³-hybridized carbons (Fsp3) is 0.500. The van der Waals surface area contributed by atoms with Gasteiger partial charge in [0.05, 0.1) is 14.2 Å². The van der Waals surface area contributed by atoms with Crippen molar-refractivity contribution < 1.29 is 23.7 Å². The Hall–Kier alpha value is -2.01. The molecule has 2 fully saturated rings. The van der Waals surface area contributed by atoms with Gasteiger partial charge in [-0.1, -0.05) is 11.6 Å². The lowest BCUT2D eigenvalue weighted by molar-refractivity contribution is -0.154. The fourth-order valence-corrected chi connectivity index (χ4v) is 3.82. The van der Waals surface area contributed by atoms with Crippen molar-refractivity contribution in [3.8, 4) is 11.5 Å². The second-order valence-electron chi connectivity index (χ2n) is 6.38. The summed E-state index contributed by atoms with van der Waals surface area (Å²) >= 11 is 0. The summed E-state index contributed by atoms with van der Waals surface area (Å²) in [5.74, 6) is 1.23. The minimum atomic E-state index is -0.760. The maximum absolute atomic E-state index is 12.4. The average Bonchev–Trinajstić information content (AvgIpc) is 3.21. The summed E-state index contributed by atoms with van der Waals surface area (Å²) < 4.78 is 22.6. The molecule has 0 aromatic heterocycles. The van der Waals surface area contributed by atoms with Crippen molar-refractivity contribution in [3.63, 3.8) is 0 Å².